The Labute approximate surface area is 118 Å². The minimum Gasteiger partial charge on any atom is -0.491 e. The molecule has 106 valence electrons. The summed E-state index contributed by atoms with van der Waals surface area (Å²) in [5.74, 6) is 0.427. The second-order valence-electron chi connectivity index (χ2n) is 4.06. The van der Waals surface area contributed by atoms with Gasteiger partial charge in [-0.15, -0.1) is 0 Å². The maximum absolute atomic E-state index is 11.5. The lowest BCUT2D eigenvalue weighted by Crippen LogP contribution is -2.17. The highest BCUT2D eigenvalue weighted by molar-refractivity contribution is 7.91. The number of hydrogen-bond donors (Lipinski definition) is 2. The molecule has 0 aliphatic carbocycles. The third-order valence-corrected chi connectivity index (χ3v) is 4.52. The zero-order chi connectivity index (χ0) is 14.5. The number of nitrogen functional groups attached to an aromatic ring is 1. The number of hydrogen-bond acceptors (Lipinski definition) is 4. The fraction of sp³-hybridized carbons (Fsp3) is 0.417. The third-order valence-electron chi connectivity index (χ3n) is 2.41. The Balaban J connectivity index is 2.62. The molecule has 0 fully saturated rings. The summed E-state index contributed by atoms with van der Waals surface area (Å²) in [6, 6.07) is 4.69. The normalized spacial score (nSPS) is 11.3. The third kappa shape index (κ3) is 5.08. The molecule has 7 heteroatoms. The highest BCUT2D eigenvalue weighted by Crippen LogP contribution is 2.25. The summed E-state index contributed by atoms with van der Waals surface area (Å²) in [6.45, 7) is 1.87. The summed E-state index contributed by atoms with van der Waals surface area (Å²) in [4.78, 5) is 0. The maximum atomic E-state index is 11.5. The van der Waals surface area contributed by atoms with E-state index in [4.69, 9.17) is 27.5 Å². The van der Waals surface area contributed by atoms with Crippen molar-refractivity contribution in [3.05, 3.63) is 28.8 Å². The molecule has 19 heavy (non-hydrogen) atoms. The second kappa shape index (κ2) is 6.77. The van der Waals surface area contributed by atoms with Crippen LogP contribution < -0.4 is 10.5 Å². The van der Waals surface area contributed by atoms with E-state index in [0.29, 0.717) is 22.8 Å². The van der Waals surface area contributed by atoms with Crippen molar-refractivity contribution in [2.24, 2.45) is 5.73 Å². The van der Waals surface area contributed by atoms with E-state index >= 15 is 0 Å². The van der Waals surface area contributed by atoms with Crippen LogP contribution in [0.1, 0.15) is 18.9 Å². The molecular formula is C12H17ClN2O3S. The zero-order valence-electron chi connectivity index (χ0n) is 10.6. The number of halogens is 1. The number of rotatable bonds is 7. The molecule has 0 aliphatic rings. The molecule has 0 saturated carbocycles. The van der Waals surface area contributed by atoms with E-state index in [9.17, 15) is 8.42 Å². The minimum atomic E-state index is -3.06. The predicted molar refractivity (Wildman–Crippen MR) is 76.9 cm³/mol. The van der Waals surface area contributed by atoms with Crippen LogP contribution in [-0.4, -0.2) is 32.4 Å². The first-order chi connectivity index (χ1) is 8.85. The van der Waals surface area contributed by atoms with Gasteiger partial charge >= 0.3 is 0 Å². The van der Waals surface area contributed by atoms with Crippen LogP contribution in [0.4, 0.5) is 0 Å². The molecule has 1 aromatic rings. The van der Waals surface area contributed by atoms with E-state index < -0.39 is 9.84 Å². The van der Waals surface area contributed by atoms with E-state index in [0.717, 1.165) is 0 Å². The summed E-state index contributed by atoms with van der Waals surface area (Å²) < 4.78 is 28.3. The number of sulfone groups is 1. The lowest BCUT2D eigenvalue weighted by molar-refractivity contribution is 0.341. The molecule has 3 N–H and O–H groups in total. The minimum absolute atomic E-state index is 0.0361. The van der Waals surface area contributed by atoms with Gasteiger partial charge in [0.15, 0.2) is 9.84 Å². The van der Waals surface area contributed by atoms with E-state index in [1.165, 1.54) is 6.07 Å². The molecular weight excluding hydrogens is 288 g/mol. The molecule has 0 heterocycles. The van der Waals surface area contributed by atoms with Crippen LogP contribution in [0.2, 0.25) is 5.02 Å². The SMILES string of the molecule is CCCS(=O)(=O)CCOc1ccc(C(=N)N)cc1Cl. The van der Waals surface area contributed by atoms with Gasteiger partial charge in [0.2, 0.25) is 0 Å². The van der Waals surface area contributed by atoms with Gasteiger partial charge in [-0.25, -0.2) is 8.42 Å². The van der Waals surface area contributed by atoms with Crippen molar-refractivity contribution in [3.63, 3.8) is 0 Å². The highest BCUT2D eigenvalue weighted by Gasteiger charge is 2.10. The van der Waals surface area contributed by atoms with Crippen molar-refractivity contribution in [2.75, 3.05) is 18.1 Å². The monoisotopic (exact) mass is 304 g/mol. The Morgan fingerprint density at radius 3 is 2.63 bits per heavy atom. The highest BCUT2D eigenvalue weighted by atomic mass is 35.5. The maximum Gasteiger partial charge on any atom is 0.153 e. The molecule has 1 rings (SSSR count). The fourth-order valence-corrected chi connectivity index (χ4v) is 2.88. The van der Waals surface area contributed by atoms with Gasteiger partial charge in [-0.1, -0.05) is 18.5 Å². The summed E-state index contributed by atoms with van der Waals surface area (Å²) >= 11 is 5.96. The first-order valence-corrected chi connectivity index (χ1v) is 8.03. The van der Waals surface area contributed by atoms with E-state index in [1.807, 2.05) is 6.92 Å². The lowest BCUT2D eigenvalue weighted by atomic mass is 10.2. The number of benzene rings is 1. The van der Waals surface area contributed by atoms with Gasteiger partial charge < -0.3 is 10.5 Å². The Bertz CT molecular complexity index is 558. The fourth-order valence-electron chi connectivity index (χ4n) is 1.48. The first kappa shape index (κ1) is 15.8. The summed E-state index contributed by atoms with van der Waals surface area (Å²) in [5.41, 5.74) is 5.82. The van der Waals surface area contributed by atoms with Gasteiger partial charge in [0.05, 0.1) is 16.5 Å². The number of nitrogens with one attached hydrogen (secondary N) is 1. The molecule has 0 radical (unpaired) electrons. The van der Waals surface area contributed by atoms with Crippen LogP contribution >= 0.6 is 11.6 Å². The van der Waals surface area contributed by atoms with Crippen molar-refractivity contribution in [1.29, 1.82) is 5.41 Å². The Morgan fingerprint density at radius 1 is 1.42 bits per heavy atom. The Morgan fingerprint density at radius 2 is 2.11 bits per heavy atom. The molecule has 0 saturated heterocycles. The van der Waals surface area contributed by atoms with Crippen LogP contribution in [0.25, 0.3) is 0 Å². The van der Waals surface area contributed by atoms with Crippen molar-refractivity contribution >= 4 is 27.3 Å². The molecule has 1 aromatic carbocycles. The Kier molecular flexibility index (Phi) is 5.62. The average molecular weight is 305 g/mol. The largest absolute Gasteiger partial charge is 0.491 e. The Hall–Kier alpha value is -1.27. The van der Waals surface area contributed by atoms with E-state index in [2.05, 4.69) is 0 Å². The molecule has 0 amide bonds. The van der Waals surface area contributed by atoms with Gasteiger partial charge in [-0.05, 0) is 24.6 Å². The van der Waals surface area contributed by atoms with Crippen LogP contribution in [0, 0.1) is 5.41 Å². The smallest absolute Gasteiger partial charge is 0.153 e. The standard InChI is InChI=1S/C12H17ClN2O3S/c1-2-6-19(16,17)7-5-18-11-4-3-9(12(14)15)8-10(11)13/h3-4,8H,2,5-7H2,1H3,(H3,14,15). The summed E-state index contributed by atoms with van der Waals surface area (Å²) in [6.07, 6.45) is 0.594. The van der Waals surface area contributed by atoms with Crippen LogP contribution in [-0.2, 0) is 9.84 Å². The number of nitrogens with two attached hydrogens (primary N) is 1. The molecule has 0 aliphatic heterocycles. The number of ether oxygens (including phenoxy) is 1. The van der Waals surface area contributed by atoms with Crippen molar-refractivity contribution < 1.29 is 13.2 Å². The average Bonchev–Trinajstić information content (AvgIpc) is 2.30. The quantitative estimate of drug-likeness (QED) is 0.593. The first-order valence-electron chi connectivity index (χ1n) is 5.83. The zero-order valence-corrected chi connectivity index (χ0v) is 12.2. The second-order valence-corrected chi connectivity index (χ2v) is 6.77. The van der Waals surface area contributed by atoms with Gasteiger partial charge in [-0.2, -0.15) is 0 Å². The van der Waals surface area contributed by atoms with Gasteiger partial charge in [-0.3, -0.25) is 5.41 Å². The van der Waals surface area contributed by atoms with Crippen LogP contribution in [0.5, 0.6) is 5.75 Å². The molecule has 0 atom stereocenters. The number of amidine groups is 1. The molecule has 0 aromatic heterocycles. The topological polar surface area (TPSA) is 93.2 Å². The molecule has 0 bridgehead atoms. The van der Waals surface area contributed by atoms with Crippen molar-refractivity contribution in [1.82, 2.24) is 0 Å². The predicted octanol–water partition coefficient (Wildman–Crippen LogP) is 1.83. The van der Waals surface area contributed by atoms with Crippen molar-refractivity contribution in [3.8, 4) is 5.75 Å². The molecule has 5 nitrogen and oxygen atoms in total. The molecule has 0 unspecified atom stereocenters. The summed E-state index contributed by atoms with van der Waals surface area (Å²) in [7, 11) is -3.06. The van der Waals surface area contributed by atoms with E-state index in [-0.39, 0.29) is 23.9 Å². The van der Waals surface area contributed by atoms with Crippen LogP contribution in [0.3, 0.4) is 0 Å². The van der Waals surface area contributed by atoms with Gasteiger partial charge in [0, 0.05) is 5.56 Å². The van der Waals surface area contributed by atoms with E-state index in [1.54, 1.807) is 12.1 Å². The lowest BCUT2D eigenvalue weighted by Gasteiger charge is -2.09. The molecule has 0 spiro atoms. The van der Waals surface area contributed by atoms with Gasteiger partial charge in [0.25, 0.3) is 0 Å². The summed E-state index contributed by atoms with van der Waals surface area (Å²) in [5, 5.41) is 7.57. The van der Waals surface area contributed by atoms with Crippen LogP contribution in [0.15, 0.2) is 18.2 Å². The van der Waals surface area contributed by atoms with Crippen molar-refractivity contribution in [2.45, 2.75) is 13.3 Å². The van der Waals surface area contributed by atoms with Gasteiger partial charge in [0.1, 0.15) is 18.2 Å².